The number of carbonyl (C=O) groups is 2. The molecule has 3 atom stereocenters. The van der Waals surface area contributed by atoms with Crippen molar-refractivity contribution in [3.63, 3.8) is 0 Å². The maximum absolute atomic E-state index is 11.8. The summed E-state index contributed by atoms with van der Waals surface area (Å²) in [4.78, 5) is 25.5. The van der Waals surface area contributed by atoms with Crippen LogP contribution in [-0.2, 0) is 23.8 Å². The topological polar surface area (TPSA) is 65.1 Å². The van der Waals surface area contributed by atoms with Crippen LogP contribution in [0, 0.1) is 0 Å². The van der Waals surface area contributed by atoms with Crippen LogP contribution < -0.4 is 0 Å². The van der Waals surface area contributed by atoms with Crippen LogP contribution in [0.4, 0.5) is 0 Å². The molecular formula is C18H21NO5. The molecule has 4 aliphatic heterocycles. The zero-order valence-electron chi connectivity index (χ0n) is 13.9. The maximum atomic E-state index is 11.8. The first-order chi connectivity index (χ1) is 11.5. The lowest BCUT2D eigenvalue weighted by atomic mass is 10.0. The Balaban J connectivity index is 1.44. The number of hydrogen-bond donors (Lipinski definition) is 0. The van der Waals surface area contributed by atoms with Crippen molar-refractivity contribution in [2.24, 2.45) is 0 Å². The second-order valence-corrected chi connectivity index (χ2v) is 6.81. The molecule has 6 heteroatoms. The molecule has 4 heterocycles. The third-order valence-corrected chi connectivity index (χ3v) is 5.09. The van der Waals surface area contributed by atoms with Crippen molar-refractivity contribution in [3.05, 3.63) is 35.1 Å². The summed E-state index contributed by atoms with van der Waals surface area (Å²) in [6.45, 7) is 4.46. The molecule has 4 aliphatic rings. The summed E-state index contributed by atoms with van der Waals surface area (Å²) >= 11 is 0. The van der Waals surface area contributed by atoms with Crippen LogP contribution in [0.3, 0.4) is 0 Å². The minimum Gasteiger partial charge on any atom is -0.424 e. The summed E-state index contributed by atoms with van der Waals surface area (Å²) in [5.41, 5.74) is 1.23. The van der Waals surface area contributed by atoms with Crippen molar-refractivity contribution in [3.8, 4) is 0 Å². The number of cyclic esters (lactones) is 1. The molecule has 0 saturated carbocycles. The van der Waals surface area contributed by atoms with Crippen molar-refractivity contribution >= 4 is 11.9 Å². The van der Waals surface area contributed by atoms with Gasteiger partial charge in [-0.05, 0) is 57.8 Å². The van der Waals surface area contributed by atoms with Gasteiger partial charge in [0.25, 0.3) is 5.79 Å². The summed E-state index contributed by atoms with van der Waals surface area (Å²) < 4.78 is 16.9. The fraction of sp³-hybridized carbons (Fsp3) is 0.556. The molecule has 1 spiro atoms. The van der Waals surface area contributed by atoms with E-state index >= 15 is 0 Å². The van der Waals surface area contributed by atoms with E-state index in [0.29, 0.717) is 16.9 Å². The molecule has 0 unspecified atom stereocenters. The van der Waals surface area contributed by atoms with E-state index in [1.54, 1.807) is 19.9 Å². The molecule has 2 saturated heterocycles. The zero-order valence-corrected chi connectivity index (χ0v) is 13.9. The smallest absolute Gasteiger partial charge is 0.339 e. The molecule has 0 amide bonds. The van der Waals surface area contributed by atoms with Gasteiger partial charge < -0.3 is 14.2 Å². The summed E-state index contributed by atoms with van der Waals surface area (Å²) in [6.07, 6.45) is 8.95. The van der Waals surface area contributed by atoms with Crippen LogP contribution in [0.25, 0.3) is 0 Å². The Morgan fingerprint density at radius 2 is 2.12 bits per heavy atom. The fourth-order valence-corrected chi connectivity index (χ4v) is 3.95. The molecule has 0 aromatic heterocycles. The maximum Gasteiger partial charge on any atom is 0.339 e. The van der Waals surface area contributed by atoms with Gasteiger partial charge in [0.15, 0.2) is 0 Å². The van der Waals surface area contributed by atoms with Crippen molar-refractivity contribution in [2.75, 3.05) is 6.54 Å². The largest absolute Gasteiger partial charge is 0.424 e. The monoisotopic (exact) mass is 331 g/mol. The van der Waals surface area contributed by atoms with E-state index in [1.165, 1.54) is 0 Å². The quantitative estimate of drug-likeness (QED) is 0.739. The third-order valence-electron chi connectivity index (χ3n) is 5.09. The third kappa shape index (κ3) is 2.41. The molecule has 128 valence electrons. The van der Waals surface area contributed by atoms with Gasteiger partial charge in [-0.2, -0.15) is 0 Å². The lowest BCUT2D eigenvalue weighted by Gasteiger charge is -2.25. The SMILES string of the molecule is CC1=C/C(=C\CC[C@@H]2O[C@@]3(C=C(C)C(=O)O3)[C@@H]3CCCN23)OC1=O. The van der Waals surface area contributed by atoms with E-state index in [2.05, 4.69) is 4.90 Å². The summed E-state index contributed by atoms with van der Waals surface area (Å²) in [5, 5.41) is 0. The number of carbonyl (C=O) groups excluding carboxylic acids is 2. The number of fused-ring (bicyclic) bond motifs is 2. The highest BCUT2D eigenvalue weighted by Gasteiger charge is 2.58. The summed E-state index contributed by atoms with van der Waals surface area (Å²) in [6, 6.07) is 0.100. The van der Waals surface area contributed by atoms with E-state index in [0.717, 1.165) is 32.2 Å². The van der Waals surface area contributed by atoms with Gasteiger partial charge >= 0.3 is 11.9 Å². The molecule has 0 radical (unpaired) electrons. The molecule has 2 fully saturated rings. The number of allylic oxidation sites excluding steroid dienone is 2. The normalized spacial score (nSPS) is 37.0. The number of esters is 2. The van der Waals surface area contributed by atoms with Gasteiger partial charge in [0.05, 0.1) is 6.04 Å². The van der Waals surface area contributed by atoms with E-state index in [1.807, 2.05) is 12.2 Å². The van der Waals surface area contributed by atoms with Gasteiger partial charge in [-0.15, -0.1) is 0 Å². The number of nitrogens with zero attached hydrogens (tertiary/aromatic N) is 1. The lowest BCUT2D eigenvalue weighted by Crippen LogP contribution is -2.41. The Kier molecular flexibility index (Phi) is 3.62. The van der Waals surface area contributed by atoms with E-state index < -0.39 is 5.79 Å². The Morgan fingerprint density at radius 3 is 2.79 bits per heavy atom. The van der Waals surface area contributed by atoms with Crippen LogP contribution in [-0.4, -0.2) is 41.4 Å². The van der Waals surface area contributed by atoms with Crippen molar-refractivity contribution in [1.82, 2.24) is 4.90 Å². The first-order valence-electron chi connectivity index (χ1n) is 8.45. The fourth-order valence-electron chi connectivity index (χ4n) is 3.95. The van der Waals surface area contributed by atoms with Crippen LogP contribution in [0.5, 0.6) is 0 Å². The minimum absolute atomic E-state index is 0.0912. The van der Waals surface area contributed by atoms with E-state index in [4.69, 9.17) is 14.2 Å². The molecule has 6 nitrogen and oxygen atoms in total. The van der Waals surface area contributed by atoms with Crippen LogP contribution in [0.2, 0.25) is 0 Å². The molecule has 0 aliphatic carbocycles. The molecular weight excluding hydrogens is 310 g/mol. The molecule has 0 aromatic rings. The number of ether oxygens (including phenoxy) is 3. The Hall–Kier alpha value is -1.92. The standard InChI is InChI=1S/C18H21NO5/c1-11-9-13(22-16(11)20)5-3-7-15-19-8-4-6-14(19)18(23-15)10-12(2)17(21)24-18/h5,9-10,14-15H,3-4,6-8H2,1-2H3/b13-5+/t14-,15-,18+/m0/s1. The van der Waals surface area contributed by atoms with Crippen LogP contribution in [0.1, 0.15) is 39.5 Å². The van der Waals surface area contributed by atoms with Gasteiger partial charge in [-0.25, -0.2) is 9.59 Å². The minimum atomic E-state index is -0.911. The molecule has 24 heavy (non-hydrogen) atoms. The van der Waals surface area contributed by atoms with E-state index in [-0.39, 0.29) is 24.2 Å². The van der Waals surface area contributed by atoms with Gasteiger partial charge in [0, 0.05) is 17.7 Å². The molecule has 0 N–H and O–H groups in total. The molecule has 0 aromatic carbocycles. The second kappa shape index (κ2) is 5.57. The summed E-state index contributed by atoms with van der Waals surface area (Å²) in [5.74, 6) is -0.879. The highest BCUT2D eigenvalue weighted by molar-refractivity contribution is 5.92. The first-order valence-corrected chi connectivity index (χ1v) is 8.45. The van der Waals surface area contributed by atoms with Crippen molar-refractivity contribution < 1.29 is 23.8 Å². The highest BCUT2D eigenvalue weighted by atomic mass is 16.7. The average Bonchev–Trinajstić information content (AvgIpc) is 3.23. The Morgan fingerprint density at radius 1 is 1.29 bits per heavy atom. The average molecular weight is 331 g/mol. The highest BCUT2D eigenvalue weighted by Crippen LogP contribution is 2.45. The van der Waals surface area contributed by atoms with Gasteiger partial charge in [0.2, 0.25) is 0 Å². The molecule has 4 rings (SSSR count). The van der Waals surface area contributed by atoms with Crippen molar-refractivity contribution in [2.45, 2.75) is 57.6 Å². The Bertz CT molecular complexity index is 692. The number of rotatable bonds is 3. The van der Waals surface area contributed by atoms with Crippen LogP contribution >= 0.6 is 0 Å². The second-order valence-electron chi connectivity index (χ2n) is 6.81. The predicted octanol–water partition coefficient (Wildman–Crippen LogP) is 2.17. The van der Waals surface area contributed by atoms with Gasteiger partial charge in [-0.3, -0.25) is 4.90 Å². The zero-order chi connectivity index (χ0) is 16.9. The predicted molar refractivity (Wildman–Crippen MR) is 84.3 cm³/mol. The van der Waals surface area contributed by atoms with Gasteiger partial charge in [-0.1, -0.05) is 0 Å². The lowest BCUT2D eigenvalue weighted by molar-refractivity contribution is -0.197. The first kappa shape index (κ1) is 15.6. The van der Waals surface area contributed by atoms with Crippen LogP contribution in [0.15, 0.2) is 35.1 Å². The van der Waals surface area contributed by atoms with Gasteiger partial charge in [0.1, 0.15) is 12.0 Å². The Labute approximate surface area is 140 Å². The van der Waals surface area contributed by atoms with E-state index in [9.17, 15) is 9.59 Å². The number of hydrogen-bond acceptors (Lipinski definition) is 6. The molecule has 0 bridgehead atoms. The van der Waals surface area contributed by atoms with Crippen molar-refractivity contribution in [1.29, 1.82) is 0 Å². The summed E-state index contributed by atoms with van der Waals surface area (Å²) in [7, 11) is 0.